The van der Waals surface area contributed by atoms with Gasteiger partial charge in [-0.1, -0.05) is 27.7 Å². The molecule has 4 aliphatic carbocycles. The molecule has 1 saturated heterocycles. The van der Waals surface area contributed by atoms with Crippen LogP contribution in [-0.2, 0) is 29.6 Å². The van der Waals surface area contributed by atoms with E-state index in [0.29, 0.717) is 25.7 Å². The Morgan fingerprint density at radius 2 is 1.00 bits per heavy atom. The maximum atomic E-state index is 13.4. The van der Waals surface area contributed by atoms with Crippen LogP contribution < -0.4 is 0 Å². The molecule has 192 valence electrons. The third kappa shape index (κ3) is 3.13. The van der Waals surface area contributed by atoms with Crippen molar-refractivity contribution in [2.75, 3.05) is 37.7 Å². The molecule has 5 rings (SSSR count). The fourth-order valence-electron chi connectivity index (χ4n) is 8.25. The highest BCUT2D eigenvalue weighted by Crippen LogP contribution is 2.65. The van der Waals surface area contributed by atoms with Crippen LogP contribution in [0.2, 0.25) is 0 Å². The van der Waals surface area contributed by atoms with Gasteiger partial charge in [0.25, 0.3) is 0 Å². The predicted octanol–water partition coefficient (Wildman–Crippen LogP) is 2.05. The van der Waals surface area contributed by atoms with Gasteiger partial charge < -0.3 is 0 Å². The summed E-state index contributed by atoms with van der Waals surface area (Å²) < 4.78 is 56.3. The minimum absolute atomic E-state index is 0.0662. The highest BCUT2D eigenvalue weighted by atomic mass is 32.2. The van der Waals surface area contributed by atoms with Crippen molar-refractivity contribution in [2.24, 2.45) is 33.5 Å². The third-order valence-electron chi connectivity index (χ3n) is 11.1. The first-order valence-electron chi connectivity index (χ1n) is 12.6. The van der Waals surface area contributed by atoms with Gasteiger partial charge in [0.2, 0.25) is 20.0 Å². The lowest BCUT2D eigenvalue weighted by Crippen LogP contribution is -2.55. The summed E-state index contributed by atoms with van der Waals surface area (Å²) in [7, 11) is -7.41. The molecule has 0 aromatic carbocycles. The summed E-state index contributed by atoms with van der Waals surface area (Å²) in [6.07, 6.45) is 3.93. The van der Waals surface area contributed by atoms with Gasteiger partial charge >= 0.3 is 0 Å². The van der Waals surface area contributed by atoms with E-state index in [9.17, 15) is 26.4 Å². The van der Waals surface area contributed by atoms with Crippen LogP contribution in [0.5, 0.6) is 0 Å². The molecule has 0 radical (unpaired) electrons. The molecule has 8 nitrogen and oxygen atoms in total. The Balaban J connectivity index is 1.28. The second-order valence-corrected chi connectivity index (χ2v) is 16.6. The van der Waals surface area contributed by atoms with Crippen molar-refractivity contribution in [2.45, 2.75) is 66.2 Å². The molecule has 4 bridgehead atoms. The van der Waals surface area contributed by atoms with Crippen LogP contribution in [0, 0.1) is 33.5 Å². The van der Waals surface area contributed by atoms with Gasteiger partial charge in [-0.15, -0.1) is 0 Å². The second-order valence-electron chi connectivity index (χ2n) is 12.6. The van der Waals surface area contributed by atoms with Gasteiger partial charge in [-0.05, 0) is 48.3 Å². The summed E-state index contributed by atoms with van der Waals surface area (Å²) in [6, 6.07) is 0. The van der Waals surface area contributed by atoms with Gasteiger partial charge in [0.05, 0.1) is 11.5 Å². The number of carbonyl (C=O) groups is 2. The van der Waals surface area contributed by atoms with Gasteiger partial charge in [0, 0.05) is 49.9 Å². The van der Waals surface area contributed by atoms with Crippen molar-refractivity contribution in [1.29, 1.82) is 0 Å². The zero-order chi connectivity index (χ0) is 24.9. The number of hydrogen-bond acceptors (Lipinski definition) is 6. The number of fused-ring (bicyclic) bond motifs is 4. The molecule has 0 unspecified atom stereocenters. The minimum Gasteiger partial charge on any atom is -0.299 e. The predicted molar refractivity (Wildman–Crippen MR) is 128 cm³/mol. The number of hydrogen-bond donors (Lipinski definition) is 0. The van der Waals surface area contributed by atoms with Gasteiger partial charge in [-0.25, -0.2) is 16.8 Å². The molecular formula is C24H38N2O6S2. The number of Topliss-reactive ketones (excluding diaryl/α,β-unsaturated/α-hetero) is 2. The molecule has 4 atom stereocenters. The number of sulfonamides is 2. The van der Waals surface area contributed by atoms with E-state index in [1.54, 1.807) is 0 Å². The highest BCUT2D eigenvalue weighted by molar-refractivity contribution is 7.89. The van der Waals surface area contributed by atoms with Crippen LogP contribution >= 0.6 is 0 Å². The summed E-state index contributed by atoms with van der Waals surface area (Å²) >= 11 is 0. The summed E-state index contributed by atoms with van der Waals surface area (Å²) in [6.45, 7) is 8.43. The summed E-state index contributed by atoms with van der Waals surface area (Å²) in [5.41, 5.74) is -2.32. The molecule has 1 aliphatic heterocycles. The molecule has 0 amide bonds. The van der Waals surface area contributed by atoms with Crippen LogP contribution in [0.4, 0.5) is 0 Å². The second kappa shape index (κ2) is 7.35. The Hall–Kier alpha value is -0.840. The first-order valence-corrected chi connectivity index (χ1v) is 15.8. The molecule has 5 aliphatic rings. The average molecular weight is 515 g/mol. The largest absolute Gasteiger partial charge is 0.299 e. The quantitative estimate of drug-likeness (QED) is 0.537. The van der Waals surface area contributed by atoms with Crippen molar-refractivity contribution in [3.63, 3.8) is 0 Å². The Bertz CT molecular complexity index is 1050. The monoisotopic (exact) mass is 514 g/mol. The van der Waals surface area contributed by atoms with E-state index >= 15 is 0 Å². The van der Waals surface area contributed by atoms with Crippen molar-refractivity contribution in [1.82, 2.24) is 8.61 Å². The maximum absolute atomic E-state index is 13.4. The van der Waals surface area contributed by atoms with E-state index in [1.807, 2.05) is 27.7 Å². The fourth-order valence-corrected chi connectivity index (χ4v) is 12.7. The Labute approximate surface area is 203 Å². The smallest absolute Gasteiger partial charge is 0.215 e. The molecule has 5 fully saturated rings. The first-order chi connectivity index (χ1) is 15.6. The summed E-state index contributed by atoms with van der Waals surface area (Å²) in [5, 5.41) is 0. The molecular weight excluding hydrogens is 476 g/mol. The molecule has 0 N–H and O–H groups in total. The lowest BCUT2D eigenvalue weighted by atomic mass is 9.70. The van der Waals surface area contributed by atoms with Crippen molar-refractivity contribution in [3.05, 3.63) is 0 Å². The molecule has 10 heteroatoms. The topological polar surface area (TPSA) is 109 Å². The number of rotatable bonds is 6. The molecule has 4 saturated carbocycles. The Morgan fingerprint density at radius 1 is 0.676 bits per heavy atom. The van der Waals surface area contributed by atoms with Gasteiger partial charge in [-0.3, -0.25) is 9.59 Å². The van der Waals surface area contributed by atoms with Gasteiger partial charge in [0.15, 0.2) is 0 Å². The first kappa shape index (κ1) is 24.8. The normalized spacial score (nSPS) is 39.9. The lowest BCUT2D eigenvalue weighted by Gasteiger charge is -2.41. The average Bonchev–Trinajstić information content (AvgIpc) is 3.26. The van der Waals surface area contributed by atoms with E-state index in [-0.39, 0.29) is 71.9 Å². The number of piperazine rings is 1. The number of ketones is 2. The van der Waals surface area contributed by atoms with E-state index in [0.717, 1.165) is 12.8 Å². The number of nitrogens with zero attached hydrogens (tertiary/aromatic N) is 2. The van der Waals surface area contributed by atoms with E-state index in [2.05, 4.69) is 0 Å². The summed E-state index contributed by atoms with van der Waals surface area (Å²) in [4.78, 5) is 25.7. The zero-order valence-corrected chi connectivity index (χ0v) is 22.4. The van der Waals surface area contributed by atoms with Crippen molar-refractivity contribution >= 4 is 31.6 Å². The number of carbonyl (C=O) groups excluding carboxylic acids is 2. The van der Waals surface area contributed by atoms with Gasteiger partial charge in [-0.2, -0.15) is 8.61 Å². The standard InChI is InChI=1S/C24H38N2O6S2/c1-21(2)17-5-7-23(21,19(27)13-17)15-33(29,30)25-9-11-26(12-10-25)34(31,32)16-24-8-6-18(14-20(24)28)22(24,3)4/h17-18H,5-16H2,1-4H3/t17-,18-,23-,24-/m1/s1. The molecule has 0 aromatic rings. The van der Waals surface area contributed by atoms with Crippen LogP contribution in [0.1, 0.15) is 66.2 Å². The Morgan fingerprint density at radius 3 is 1.24 bits per heavy atom. The molecule has 34 heavy (non-hydrogen) atoms. The van der Waals surface area contributed by atoms with E-state index in [4.69, 9.17) is 0 Å². The summed E-state index contributed by atoms with van der Waals surface area (Å²) in [5.74, 6) is 0.265. The molecule has 0 aromatic heterocycles. The van der Waals surface area contributed by atoms with Gasteiger partial charge in [0.1, 0.15) is 11.6 Å². The van der Waals surface area contributed by atoms with E-state index in [1.165, 1.54) is 8.61 Å². The fraction of sp³-hybridized carbons (Fsp3) is 0.917. The third-order valence-corrected chi connectivity index (χ3v) is 15.1. The minimum atomic E-state index is -3.71. The Kier molecular flexibility index (Phi) is 5.37. The van der Waals surface area contributed by atoms with Crippen molar-refractivity contribution in [3.8, 4) is 0 Å². The highest BCUT2D eigenvalue weighted by Gasteiger charge is 2.67. The molecule has 0 spiro atoms. The van der Waals surface area contributed by atoms with Crippen molar-refractivity contribution < 1.29 is 26.4 Å². The maximum Gasteiger partial charge on any atom is 0.215 e. The zero-order valence-electron chi connectivity index (χ0n) is 20.8. The van der Waals surface area contributed by atoms with Crippen LogP contribution in [-0.4, -0.2) is 74.7 Å². The SMILES string of the molecule is CC1(C)[C@@H]2CC[C@@]1(CS(=O)(=O)N1CCN(S(=O)(=O)C[C@]34CC[C@H](CC3=O)C4(C)C)CC1)C(=O)C2. The van der Waals surface area contributed by atoms with Crippen LogP contribution in [0.25, 0.3) is 0 Å². The molecule has 1 heterocycles. The van der Waals surface area contributed by atoms with Crippen LogP contribution in [0.15, 0.2) is 0 Å². The van der Waals surface area contributed by atoms with E-state index < -0.39 is 30.9 Å². The van der Waals surface area contributed by atoms with Crippen LogP contribution in [0.3, 0.4) is 0 Å². The lowest BCUT2D eigenvalue weighted by molar-refractivity contribution is -0.128.